The maximum Gasteiger partial charge on any atom is 0.0716 e. The van der Waals surface area contributed by atoms with Crippen LogP contribution in [0.1, 0.15) is 80.0 Å². The van der Waals surface area contributed by atoms with Crippen LogP contribution in [0.4, 0.5) is 0 Å². The predicted octanol–water partition coefficient (Wildman–Crippen LogP) is 10.6. The number of fused-ring (bicyclic) bond motifs is 2. The van der Waals surface area contributed by atoms with E-state index in [1.807, 2.05) is 0 Å². The van der Waals surface area contributed by atoms with Crippen molar-refractivity contribution in [3.8, 4) is 0 Å². The quantitative estimate of drug-likeness (QED) is 0.224. The van der Waals surface area contributed by atoms with Crippen LogP contribution < -0.4 is 0 Å². The zero-order chi connectivity index (χ0) is 29.2. The summed E-state index contributed by atoms with van der Waals surface area (Å²) in [5.74, 6) is 0. The van der Waals surface area contributed by atoms with Crippen LogP contribution in [-0.2, 0) is 5.41 Å². The van der Waals surface area contributed by atoms with Crippen LogP contribution in [0.25, 0.3) is 11.3 Å². The van der Waals surface area contributed by atoms with Crippen molar-refractivity contribution in [2.75, 3.05) is 0 Å². The molecule has 5 rings (SSSR count). The van der Waals surface area contributed by atoms with Gasteiger partial charge in [0.25, 0.3) is 0 Å². The van der Waals surface area contributed by atoms with Crippen molar-refractivity contribution in [1.82, 2.24) is 0 Å². The molecule has 2 aliphatic carbocycles. The summed E-state index contributed by atoms with van der Waals surface area (Å²) in [6, 6.07) is 24.6. The molecule has 0 amide bonds. The Labute approximate surface area is 242 Å². The Morgan fingerprint density at radius 1 is 0.850 bits per heavy atom. The summed E-state index contributed by atoms with van der Waals surface area (Å²) in [4.78, 5) is 4.01. The number of nitrogens with zero attached hydrogens (tertiary/aromatic N) is 1. The van der Waals surface area contributed by atoms with Gasteiger partial charge in [0, 0.05) is 0 Å². The lowest BCUT2D eigenvalue weighted by Gasteiger charge is -2.38. The summed E-state index contributed by atoms with van der Waals surface area (Å²) >= 11 is 0. The van der Waals surface area contributed by atoms with Crippen LogP contribution in [0.3, 0.4) is 0 Å². The lowest BCUT2D eigenvalue weighted by Crippen LogP contribution is -2.31. The van der Waals surface area contributed by atoms with Gasteiger partial charge < -0.3 is 0 Å². The number of hydrogen-bond donors (Lipinski definition) is 0. The Bertz CT molecular complexity index is 1550. The highest BCUT2D eigenvalue weighted by molar-refractivity contribution is 5.99. The minimum atomic E-state index is -0.301. The largest absolute Gasteiger partial charge is 0.265 e. The van der Waals surface area contributed by atoms with Gasteiger partial charge in [0.15, 0.2) is 0 Å². The van der Waals surface area contributed by atoms with E-state index >= 15 is 0 Å². The molecule has 0 spiro atoms. The van der Waals surface area contributed by atoms with Crippen molar-refractivity contribution in [3.05, 3.63) is 154 Å². The number of hydrogen-bond acceptors (Lipinski definition) is 1. The maximum atomic E-state index is 4.01. The molecule has 1 atom stereocenters. The summed E-state index contributed by atoms with van der Waals surface area (Å²) in [5, 5.41) is 0. The third kappa shape index (κ3) is 5.13. The molecule has 2 aliphatic rings. The number of benzene rings is 3. The van der Waals surface area contributed by atoms with E-state index < -0.39 is 0 Å². The summed E-state index contributed by atoms with van der Waals surface area (Å²) in [5.41, 5.74) is 14.9. The number of rotatable bonds is 6. The predicted molar refractivity (Wildman–Crippen MR) is 176 cm³/mol. The Balaban J connectivity index is 0.000000318. The van der Waals surface area contributed by atoms with E-state index in [-0.39, 0.29) is 10.8 Å². The lowest BCUT2D eigenvalue weighted by molar-refractivity contribution is 0.519. The van der Waals surface area contributed by atoms with Gasteiger partial charge in [-0.1, -0.05) is 143 Å². The first kappa shape index (κ1) is 29.0. The number of aliphatic imine (C=N–C) groups is 1. The highest BCUT2D eigenvalue weighted by Gasteiger charge is 2.50. The van der Waals surface area contributed by atoms with Gasteiger partial charge in [0.2, 0.25) is 0 Å². The fourth-order valence-corrected chi connectivity index (χ4v) is 5.63. The maximum absolute atomic E-state index is 4.01. The third-order valence-corrected chi connectivity index (χ3v) is 8.11. The van der Waals surface area contributed by atoms with E-state index in [1.54, 1.807) is 0 Å². The lowest BCUT2D eigenvalue weighted by atomic mass is 9.63. The Morgan fingerprint density at radius 3 is 1.95 bits per heavy atom. The Kier molecular flexibility index (Phi) is 8.17. The average Bonchev–Trinajstić information content (AvgIpc) is 3.16. The smallest absolute Gasteiger partial charge is 0.0716 e. The van der Waals surface area contributed by atoms with Crippen LogP contribution in [0, 0.1) is 19.3 Å². The zero-order valence-electron chi connectivity index (χ0n) is 25.4. The molecule has 3 aromatic rings. The number of allylic oxidation sites excluding steroid dienone is 7. The van der Waals surface area contributed by atoms with Gasteiger partial charge in [-0.05, 0) is 83.9 Å². The van der Waals surface area contributed by atoms with Gasteiger partial charge in [-0.3, -0.25) is 4.99 Å². The minimum absolute atomic E-state index is 0.228. The first-order valence-corrected chi connectivity index (χ1v) is 14.2. The molecule has 40 heavy (non-hydrogen) atoms. The van der Waals surface area contributed by atoms with Crippen LogP contribution >= 0.6 is 0 Å². The SMILES string of the molecule is C=C(/C=C\CC)C(C)(C)C.C=NC(=C)c1ccc(C2(c3ccc(C)cc3)C3=C(C=C3C)c3ccc(C)cc32)cc1. The monoisotopic (exact) mass is 525 g/mol. The fraction of sp³-hybridized carbons (Fsp3) is 0.256. The molecule has 3 aromatic carbocycles. The Hall–Kier alpha value is -3.97. The van der Waals surface area contributed by atoms with Gasteiger partial charge in [0.1, 0.15) is 0 Å². The van der Waals surface area contributed by atoms with Crippen molar-refractivity contribution in [2.24, 2.45) is 10.4 Å². The van der Waals surface area contributed by atoms with E-state index in [0.717, 1.165) is 12.0 Å². The van der Waals surface area contributed by atoms with Crippen molar-refractivity contribution >= 4 is 18.0 Å². The van der Waals surface area contributed by atoms with Crippen molar-refractivity contribution in [2.45, 2.75) is 60.3 Å². The molecule has 0 saturated heterocycles. The summed E-state index contributed by atoms with van der Waals surface area (Å²) in [6.45, 7) is 26.8. The van der Waals surface area contributed by atoms with Gasteiger partial charge in [-0.25, -0.2) is 0 Å². The molecule has 0 saturated carbocycles. The molecular formula is C39H43N. The van der Waals surface area contributed by atoms with Gasteiger partial charge >= 0.3 is 0 Å². The molecule has 0 radical (unpaired) electrons. The first-order valence-electron chi connectivity index (χ1n) is 14.2. The molecule has 0 N–H and O–H groups in total. The molecule has 1 heteroatoms. The highest BCUT2D eigenvalue weighted by Crippen LogP contribution is 2.60. The highest BCUT2D eigenvalue weighted by atomic mass is 14.7. The first-order chi connectivity index (χ1) is 18.9. The standard InChI is InChI=1S/C29H25N.C10H18/c1-18-6-11-23(12-7-18)29(24-13-9-22(10-14-24)21(4)30-5)27-16-19(2)8-15-25(27)26-17-20(3)28(26)29;1-6-7-8-9(2)10(3,4)5/h6-17H,4-5H2,1-3H3;7-8H,2,6H2,1,3-5H3/b;8-7-. The average molecular weight is 526 g/mol. The molecule has 0 fully saturated rings. The summed E-state index contributed by atoms with van der Waals surface area (Å²) < 4.78 is 0. The van der Waals surface area contributed by atoms with Crippen LogP contribution in [0.2, 0.25) is 0 Å². The normalized spacial score (nSPS) is 17.3. The molecule has 204 valence electrons. The Morgan fingerprint density at radius 2 is 1.43 bits per heavy atom. The van der Waals surface area contributed by atoms with Crippen molar-refractivity contribution in [1.29, 1.82) is 0 Å². The van der Waals surface area contributed by atoms with E-state index in [9.17, 15) is 0 Å². The van der Waals surface area contributed by atoms with Crippen LogP contribution in [0.15, 0.2) is 120 Å². The van der Waals surface area contributed by atoms with Crippen molar-refractivity contribution in [3.63, 3.8) is 0 Å². The van der Waals surface area contributed by atoms with E-state index in [2.05, 4.69) is 158 Å². The summed E-state index contributed by atoms with van der Waals surface area (Å²) in [7, 11) is 0. The number of aryl methyl sites for hydroxylation is 2. The third-order valence-electron chi connectivity index (χ3n) is 8.11. The fourth-order valence-electron chi connectivity index (χ4n) is 5.63. The summed E-state index contributed by atoms with van der Waals surface area (Å²) in [6.07, 6.45) is 7.68. The molecule has 0 heterocycles. The van der Waals surface area contributed by atoms with Gasteiger partial charge in [-0.2, -0.15) is 0 Å². The second kappa shape index (κ2) is 11.3. The van der Waals surface area contributed by atoms with Crippen molar-refractivity contribution < 1.29 is 0 Å². The minimum Gasteiger partial charge on any atom is -0.265 e. The second-order valence-corrected chi connectivity index (χ2v) is 12.0. The molecule has 0 aliphatic heterocycles. The van der Waals surface area contributed by atoms with E-state index in [1.165, 1.54) is 55.7 Å². The zero-order valence-corrected chi connectivity index (χ0v) is 25.4. The van der Waals surface area contributed by atoms with Crippen LogP contribution in [0.5, 0.6) is 0 Å². The molecular weight excluding hydrogens is 482 g/mol. The van der Waals surface area contributed by atoms with Gasteiger partial charge in [-0.15, -0.1) is 0 Å². The molecule has 1 nitrogen and oxygen atoms in total. The van der Waals surface area contributed by atoms with Crippen LogP contribution in [-0.4, -0.2) is 6.72 Å². The van der Waals surface area contributed by atoms with Gasteiger partial charge in [0.05, 0.1) is 11.1 Å². The van der Waals surface area contributed by atoms with E-state index in [4.69, 9.17) is 0 Å². The molecule has 0 bridgehead atoms. The molecule has 0 aromatic heterocycles. The molecule has 1 unspecified atom stereocenters. The topological polar surface area (TPSA) is 12.4 Å². The van der Waals surface area contributed by atoms with E-state index in [0.29, 0.717) is 5.70 Å². The second-order valence-electron chi connectivity index (χ2n) is 12.0.